The summed E-state index contributed by atoms with van der Waals surface area (Å²) in [7, 11) is -2.46. The van der Waals surface area contributed by atoms with E-state index in [9.17, 15) is 4.57 Å². The Morgan fingerprint density at radius 3 is 3.00 bits per heavy atom. The Hall–Kier alpha value is -0.740. The Morgan fingerprint density at radius 2 is 2.46 bits per heavy atom. The summed E-state index contributed by atoms with van der Waals surface area (Å²) in [6.45, 7) is 0.211. The van der Waals surface area contributed by atoms with Crippen molar-refractivity contribution in [3.8, 4) is 0 Å². The SMILES string of the molecule is COP(=O)(O)NCc1ccccn1. The van der Waals surface area contributed by atoms with E-state index >= 15 is 0 Å². The van der Waals surface area contributed by atoms with Crippen LogP contribution in [-0.2, 0) is 15.6 Å². The van der Waals surface area contributed by atoms with Gasteiger partial charge in [0.25, 0.3) is 0 Å². The van der Waals surface area contributed by atoms with Crippen LogP contribution in [0.1, 0.15) is 5.69 Å². The highest BCUT2D eigenvalue weighted by atomic mass is 31.2. The van der Waals surface area contributed by atoms with Crippen LogP contribution in [0, 0.1) is 0 Å². The summed E-state index contributed by atoms with van der Waals surface area (Å²) < 4.78 is 15.3. The molecule has 0 radical (unpaired) electrons. The Kier molecular flexibility index (Phi) is 3.57. The smallest absolute Gasteiger partial charge is 0.312 e. The first-order valence-corrected chi connectivity index (χ1v) is 5.25. The molecule has 72 valence electrons. The summed E-state index contributed by atoms with van der Waals surface area (Å²) in [5.74, 6) is 0. The Morgan fingerprint density at radius 1 is 1.69 bits per heavy atom. The van der Waals surface area contributed by atoms with Crippen LogP contribution in [0.2, 0.25) is 0 Å². The van der Waals surface area contributed by atoms with E-state index in [0.29, 0.717) is 5.69 Å². The fourth-order valence-corrected chi connectivity index (χ4v) is 1.24. The van der Waals surface area contributed by atoms with E-state index in [1.54, 1.807) is 24.4 Å². The van der Waals surface area contributed by atoms with Crippen LogP contribution in [-0.4, -0.2) is 17.0 Å². The first-order valence-electron chi connectivity index (χ1n) is 3.67. The summed E-state index contributed by atoms with van der Waals surface area (Å²) in [5.41, 5.74) is 0.689. The third-order valence-corrected chi connectivity index (χ3v) is 2.49. The molecule has 1 rings (SSSR count). The van der Waals surface area contributed by atoms with Crippen molar-refractivity contribution < 1.29 is 14.0 Å². The number of nitrogens with zero attached hydrogens (tertiary/aromatic N) is 1. The van der Waals surface area contributed by atoms with Gasteiger partial charge in [-0.15, -0.1) is 0 Å². The van der Waals surface area contributed by atoms with Gasteiger partial charge in [-0.25, -0.2) is 9.65 Å². The summed E-state index contributed by atoms with van der Waals surface area (Å²) in [4.78, 5) is 12.9. The molecule has 0 bridgehead atoms. The van der Waals surface area contributed by atoms with Gasteiger partial charge in [0.2, 0.25) is 0 Å². The normalized spacial score (nSPS) is 15.2. The van der Waals surface area contributed by atoms with E-state index in [1.807, 2.05) is 0 Å². The highest BCUT2D eigenvalue weighted by Gasteiger charge is 2.15. The molecule has 1 atom stereocenters. The predicted molar refractivity (Wildman–Crippen MR) is 47.9 cm³/mol. The molecule has 0 aliphatic rings. The molecule has 13 heavy (non-hydrogen) atoms. The fraction of sp³-hybridized carbons (Fsp3) is 0.286. The fourth-order valence-electron chi connectivity index (χ4n) is 0.748. The van der Waals surface area contributed by atoms with Gasteiger partial charge in [0, 0.05) is 19.9 Å². The molecule has 0 saturated carbocycles. The minimum atomic E-state index is -3.63. The molecule has 0 fully saturated rings. The van der Waals surface area contributed by atoms with Crippen LogP contribution in [0.4, 0.5) is 0 Å². The van der Waals surface area contributed by atoms with Crippen LogP contribution < -0.4 is 5.09 Å². The van der Waals surface area contributed by atoms with Gasteiger partial charge in [-0.1, -0.05) is 6.07 Å². The zero-order valence-corrected chi connectivity index (χ0v) is 8.07. The lowest BCUT2D eigenvalue weighted by molar-refractivity contribution is 0.302. The van der Waals surface area contributed by atoms with Crippen molar-refractivity contribution >= 4 is 7.75 Å². The molecular weight excluding hydrogens is 191 g/mol. The number of aromatic nitrogens is 1. The van der Waals surface area contributed by atoms with Gasteiger partial charge < -0.3 is 9.42 Å². The van der Waals surface area contributed by atoms with Crippen molar-refractivity contribution in [3.63, 3.8) is 0 Å². The number of pyridine rings is 1. The van der Waals surface area contributed by atoms with Crippen molar-refractivity contribution in [3.05, 3.63) is 30.1 Å². The van der Waals surface area contributed by atoms with Crippen molar-refractivity contribution in [1.29, 1.82) is 0 Å². The maximum absolute atomic E-state index is 11.0. The average Bonchev–Trinajstić information content (AvgIpc) is 2.17. The van der Waals surface area contributed by atoms with E-state index in [4.69, 9.17) is 4.89 Å². The van der Waals surface area contributed by atoms with E-state index in [2.05, 4.69) is 14.6 Å². The third-order valence-electron chi connectivity index (χ3n) is 1.43. The second-order valence-corrected chi connectivity index (χ2v) is 4.08. The molecule has 0 aliphatic heterocycles. The minimum Gasteiger partial charge on any atom is -0.312 e. The molecule has 1 aromatic heterocycles. The largest absolute Gasteiger partial charge is 0.403 e. The van der Waals surface area contributed by atoms with Gasteiger partial charge in [-0.05, 0) is 12.1 Å². The van der Waals surface area contributed by atoms with Crippen LogP contribution in [0.15, 0.2) is 24.4 Å². The molecule has 0 spiro atoms. The number of nitrogens with one attached hydrogen (secondary N) is 1. The molecule has 2 N–H and O–H groups in total. The monoisotopic (exact) mass is 202 g/mol. The quantitative estimate of drug-likeness (QED) is 0.710. The van der Waals surface area contributed by atoms with Gasteiger partial charge in [0.1, 0.15) is 0 Å². The van der Waals surface area contributed by atoms with Crippen molar-refractivity contribution in [2.75, 3.05) is 7.11 Å². The van der Waals surface area contributed by atoms with E-state index in [-0.39, 0.29) is 6.54 Å². The van der Waals surface area contributed by atoms with Crippen molar-refractivity contribution in [1.82, 2.24) is 10.1 Å². The summed E-state index contributed by atoms with van der Waals surface area (Å²) >= 11 is 0. The molecule has 6 heteroatoms. The lowest BCUT2D eigenvalue weighted by atomic mass is 10.4. The number of hydrogen-bond donors (Lipinski definition) is 2. The van der Waals surface area contributed by atoms with Gasteiger partial charge in [0.15, 0.2) is 0 Å². The van der Waals surface area contributed by atoms with E-state index < -0.39 is 7.75 Å². The average molecular weight is 202 g/mol. The Bertz CT molecular complexity index is 304. The zero-order valence-electron chi connectivity index (χ0n) is 7.17. The Labute approximate surface area is 76.4 Å². The topological polar surface area (TPSA) is 71.5 Å². The minimum absolute atomic E-state index is 0.211. The molecule has 0 saturated heterocycles. The van der Waals surface area contributed by atoms with E-state index in [1.165, 1.54) is 7.11 Å². The second-order valence-electron chi connectivity index (χ2n) is 2.36. The van der Waals surface area contributed by atoms with Crippen LogP contribution in [0.25, 0.3) is 0 Å². The lowest BCUT2D eigenvalue weighted by Crippen LogP contribution is -2.11. The van der Waals surface area contributed by atoms with Crippen LogP contribution >= 0.6 is 7.75 Å². The molecule has 1 aromatic rings. The molecular formula is C7H11N2O3P. The van der Waals surface area contributed by atoms with E-state index in [0.717, 1.165) is 0 Å². The molecule has 5 nitrogen and oxygen atoms in total. The molecule has 0 aliphatic carbocycles. The van der Waals surface area contributed by atoms with Gasteiger partial charge in [-0.2, -0.15) is 0 Å². The lowest BCUT2D eigenvalue weighted by Gasteiger charge is -2.09. The van der Waals surface area contributed by atoms with Crippen LogP contribution in [0.3, 0.4) is 0 Å². The van der Waals surface area contributed by atoms with Crippen molar-refractivity contribution in [2.45, 2.75) is 6.54 Å². The van der Waals surface area contributed by atoms with Gasteiger partial charge >= 0.3 is 7.75 Å². The standard InChI is InChI=1S/C7H11N2O3P/c1-12-13(10,11)9-6-7-4-2-3-5-8-7/h2-5H,6H2,1H3,(H2,9,10,11). The maximum Gasteiger partial charge on any atom is 0.403 e. The van der Waals surface area contributed by atoms with Gasteiger partial charge in [-0.3, -0.25) is 4.98 Å². The molecule has 1 unspecified atom stereocenters. The first-order chi connectivity index (χ1) is 6.14. The Balaban J connectivity index is 2.49. The number of rotatable bonds is 4. The first kappa shape index (κ1) is 10.3. The molecule has 0 aromatic carbocycles. The molecule has 1 heterocycles. The zero-order chi connectivity index (χ0) is 9.73. The van der Waals surface area contributed by atoms with Crippen LogP contribution in [0.5, 0.6) is 0 Å². The maximum atomic E-state index is 11.0. The second kappa shape index (κ2) is 4.48. The highest BCUT2D eigenvalue weighted by molar-refractivity contribution is 7.50. The molecule has 0 amide bonds. The summed E-state index contributed by atoms with van der Waals surface area (Å²) in [5, 5.41) is 2.35. The summed E-state index contributed by atoms with van der Waals surface area (Å²) in [6, 6.07) is 5.33. The van der Waals surface area contributed by atoms with Gasteiger partial charge in [0.05, 0.1) is 5.69 Å². The van der Waals surface area contributed by atoms with Crippen molar-refractivity contribution in [2.24, 2.45) is 0 Å². The highest BCUT2D eigenvalue weighted by Crippen LogP contribution is 2.35. The summed E-state index contributed by atoms with van der Waals surface area (Å²) in [6.07, 6.45) is 1.62. The number of hydrogen-bond acceptors (Lipinski definition) is 3. The predicted octanol–water partition coefficient (Wildman–Crippen LogP) is 0.918. The third kappa shape index (κ3) is 3.65.